The van der Waals surface area contributed by atoms with E-state index in [1.54, 1.807) is 0 Å². The van der Waals surface area contributed by atoms with Crippen molar-refractivity contribution >= 4 is 11.8 Å². The zero-order chi connectivity index (χ0) is 18.4. The van der Waals surface area contributed by atoms with Gasteiger partial charge in [-0.15, -0.1) is 0 Å². The molecule has 2 saturated heterocycles. The van der Waals surface area contributed by atoms with Crippen molar-refractivity contribution in [1.82, 2.24) is 19.8 Å². The molecule has 0 saturated carbocycles. The van der Waals surface area contributed by atoms with Crippen LogP contribution in [0.4, 0.5) is 11.8 Å². The molecule has 0 radical (unpaired) electrons. The Kier molecular flexibility index (Phi) is 7.05. The molecule has 26 heavy (non-hydrogen) atoms. The number of hydrogen-bond acceptors (Lipinski definition) is 7. The third-order valence-corrected chi connectivity index (χ3v) is 5.50. The van der Waals surface area contributed by atoms with Crippen molar-refractivity contribution in [2.24, 2.45) is 0 Å². The molecule has 2 fully saturated rings. The zero-order valence-corrected chi connectivity index (χ0v) is 16.4. The third kappa shape index (κ3) is 5.05. The minimum atomic E-state index is 0.396. The fourth-order valence-corrected chi connectivity index (χ4v) is 3.80. The molecular weight excluding hydrogens is 328 g/mol. The van der Waals surface area contributed by atoms with Crippen LogP contribution in [0.5, 0.6) is 0 Å². The van der Waals surface area contributed by atoms with Crippen LogP contribution in [0, 0.1) is 6.92 Å². The highest BCUT2D eigenvalue weighted by atomic mass is 16.5. The number of unbranched alkanes of at least 4 members (excludes halogenated alkanes) is 1. The molecule has 1 aromatic rings. The number of rotatable bonds is 7. The predicted octanol–water partition coefficient (Wildman–Crippen LogP) is 1.16. The lowest BCUT2D eigenvalue weighted by atomic mass is 10.1. The monoisotopic (exact) mass is 362 g/mol. The zero-order valence-electron chi connectivity index (χ0n) is 16.4. The lowest BCUT2D eigenvalue weighted by molar-refractivity contribution is 0.0331. The molecule has 0 spiro atoms. The molecule has 0 unspecified atom stereocenters. The van der Waals surface area contributed by atoms with Gasteiger partial charge in [-0.2, -0.15) is 4.98 Å². The van der Waals surface area contributed by atoms with Gasteiger partial charge in [-0.1, -0.05) is 13.3 Å². The van der Waals surface area contributed by atoms with E-state index in [0.717, 1.165) is 83.5 Å². The molecule has 2 N–H and O–H groups in total. The number of aryl methyl sites for hydroxylation is 1. The van der Waals surface area contributed by atoms with E-state index >= 15 is 0 Å². The number of ether oxygens (including phenoxy) is 1. The van der Waals surface area contributed by atoms with Gasteiger partial charge in [-0.05, 0) is 19.8 Å². The number of anilines is 2. The van der Waals surface area contributed by atoms with Crippen LogP contribution in [-0.4, -0.2) is 85.3 Å². The van der Waals surface area contributed by atoms with Crippen LogP contribution in [-0.2, 0) is 11.2 Å². The molecule has 0 amide bonds. The van der Waals surface area contributed by atoms with Crippen molar-refractivity contribution in [3.05, 3.63) is 11.3 Å². The van der Waals surface area contributed by atoms with Crippen LogP contribution in [0.25, 0.3) is 0 Å². The Morgan fingerprint density at radius 1 is 0.962 bits per heavy atom. The summed E-state index contributed by atoms with van der Waals surface area (Å²) in [7, 11) is 0. The molecule has 3 rings (SSSR count). The van der Waals surface area contributed by atoms with Crippen LogP contribution in [0.2, 0.25) is 0 Å². The van der Waals surface area contributed by atoms with Crippen molar-refractivity contribution in [3.63, 3.8) is 0 Å². The lowest BCUT2D eigenvalue weighted by Gasteiger charge is -2.37. The number of morpholine rings is 1. The number of nitrogens with zero attached hydrogens (tertiary/aromatic N) is 5. The van der Waals surface area contributed by atoms with E-state index in [-0.39, 0.29) is 0 Å². The van der Waals surface area contributed by atoms with Crippen LogP contribution in [0.3, 0.4) is 0 Å². The van der Waals surface area contributed by atoms with Gasteiger partial charge in [0.25, 0.3) is 0 Å². The number of hydrogen-bond donors (Lipinski definition) is 1. The van der Waals surface area contributed by atoms with E-state index in [9.17, 15) is 0 Å². The molecular formula is C19H34N6O. The molecule has 0 aliphatic carbocycles. The van der Waals surface area contributed by atoms with Gasteiger partial charge in [0.15, 0.2) is 0 Å². The molecule has 2 aliphatic heterocycles. The first-order chi connectivity index (χ1) is 12.7. The minimum absolute atomic E-state index is 0.396. The molecule has 7 heteroatoms. The molecule has 0 aromatic carbocycles. The SMILES string of the molecule is CCCCc1c(C)nc(N)nc1N1CCN(CCN2CCOCC2)CC1. The van der Waals surface area contributed by atoms with E-state index in [1.165, 1.54) is 18.4 Å². The molecule has 146 valence electrons. The molecule has 0 atom stereocenters. The molecule has 7 nitrogen and oxygen atoms in total. The highest BCUT2D eigenvalue weighted by Crippen LogP contribution is 2.24. The van der Waals surface area contributed by atoms with E-state index in [2.05, 4.69) is 38.5 Å². The summed E-state index contributed by atoms with van der Waals surface area (Å²) in [6.45, 7) is 14.7. The standard InChI is InChI=1S/C19H34N6O/c1-3-4-5-17-16(2)21-19(20)22-18(17)25-10-8-23(9-11-25)6-7-24-12-14-26-15-13-24/h3-15H2,1-2H3,(H2,20,21,22). The van der Waals surface area contributed by atoms with E-state index < -0.39 is 0 Å². The summed E-state index contributed by atoms with van der Waals surface area (Å²) in [6, 6.07) is 0. The number of piperazine rings is 1. The average molecular weight is 363 g/mol. The fourth-order valence-electron chi connectivity index (χ4n) is 3.80. The topological polar surface area (TPSA) is 70.8 Å². The summed E-state index contributed by atoms with van der Waals surface area (Å²) in [5.74, 6) is 1.46. The Labute approximate surface area is 157 Å². The van der Waals surface area contributed by atoms with Gasteiger partial charge in [0.05, 0.1) is 13.2 Å². The van der Waals surface area contributed by atoms with Crippen molar-refractivity contribution < 1.29 is 4.74 Å². The van der Waals surface area contributed by atoms with Crippen molar-refractivity contribution in [2.45, 2.75) is 33.1 Å². The Morgan fingerprint density at radius 2 is 1.62 bits per heavy atom. The van der Waals surface area contributed by atoms with Gasteiger partial charge in [0, 0.05) is 63.6 Å². The van der Waals surface area contributed by atoms with Crippen LogP contribution >= 0.6 is 0 Å². The van der Waals surface area contributed by atoms with Crippen molar-refractivity contribution in [1.29, 1.82) is 0 Å². The first-order valence-corrected chi connectivity index (χ1v) is 10.1. The number of aromatic nitrogens is 2. The molecule has 3 heterocycles. The highest BCUT2D eigenvalue weighted by Gasteiger charge is 2.22. The van der Waals surface area contributed by atoms with Gasteiger partial charge >= 0.3 is 0 Å². The van der Waals surface area contributed by atoms with Crippen molar-refractivity contribution in [2.75, 3.05) is 76.2 Å². The Balaban J connectivity index is 1.55. The molecule has 1 aromatic heterocycles. The summed E-state index contributed by atoms with van der Waals surface area (Å²) >= 11 is 0. The second-order valence-electron chi connectivity index (χ2n) is 7.36. The largest absolute Gasteiger partial charge is 0.379 e. The predicted molar refractivity (Wildman–Crippen MR) is 106 cm³/mol. The van der Waals surface area contributed by atoms with Gasteiger partial charge in [-0.3, -0.25) is 9.80 Å². The average Bonchev–Trinajstić information content (AvgIpc) is 2.66. The Morgan fingerprint density at radius 3 is 2.27 bits per heavy atom. The summed E-state index contributed by atoms with van der Waals surface area (Å²) in [5.41, 5.74) is 8.26. The molecule has 2 aliphatic rings. The summed E-state index contributed by atoms with van der Waals surface area (Å²) in [4.78, 5) is 16.5. The second kappa shape index (κ2) is 9.48. The van der Waals surface area contributed by atoms with Crippen molar-refractivity contribution in [3.8, 4) is 0 Å². The van der Waals surface area contributed by atoms with E-state index in [4.69, 9.17) is 10.5 Å². The van der Waals surface area contributed by atoms with Crippen LogP contribution in [0.1, 0.15) is 31.0 Å². The first-order valence-electron chi connectivity index (χ1n) is 10.1. The first kappa shape index (κ1) is 19.3. The van der Waals surface area contributed by atoms with Gasteiger partial charge in [0.1, 0.15) is 5.82 Å². The number of nitrogens with two attached hydrogens (primary N) is 1. The van der Waals surface area contributed by atoms with Gasteiger partial charge < -0.3 is 15.4 Å². The summed E-state index contributed by atoms with van der Waals surface area (Å²) in [6.07, 6.45) is 3.38. The summed E-state index contributed by atoms with van der Waals surface area (Å²) < 4.78 is 5.43. The Bertz CT molecular complexity index is 567. The summed E-state index contributed by atoms with van der Waals surface area (Å²) in [5, 5.41) is 0. The third-order valence-electron chi connectivity index (χ3n) is 5.50. The fraction of sp³-hybridized carbons (Fsp3) is 0.789. The lowest BCUT2D eigenvalue weighted by Crippen LogP contribution is -2.50. The smallest absolute Gasteiger partial charge is 0.222 e. The number of nitrogen functional groups attached to an aromatic ring is 1. The Hall–Kier alpha value is -1.44. The maximum atomic E-state index is 5.95. The maximum absolute atomic E-state index is 5.95. The highest BCUT2D eigenvalue weighted by molar-refractivity contribution is 5.52. The van der Waals surface area contributed by atoms with Crippen LogP contribution in [0.15, 0.2) is 0 Å². The van der Waals surface area contributed by atoms with E-state index in [0.29, 0.717) is 5.95 Å². The minimum Gasteiger partial charge on any atom is -0.379 e. The maximum Gasteiger partial charge on any atom is 0.222 e. The molecule has 0 bridgehead atoms. The quantitative estimate of drug-likeness (QED) is 0.780. The van der Waals surface area contributed by atoms with Gasteiger partial charge in [-0.25, -0.2) is 4.98 Å². The van der Waals surface area contributed by atoms with Crippen LogP contribution < -0.4 is 10.6 Å². The second-order valence-corrected chi connectivity index (χ2v) is 7.36. The van der Waals surface area contributed by atoms with E-state index in [1.807, 2.05) is 0 Å². The van der Waals surface area contributed by atoms with Gasteiger partial charge in [0.2, 0.25) is 5.95 Å². The normalized spacial score (nSPS) is 19.8.